The summed E-state index contributed by atoms with van der Waals surface area (Å²) in [7, 11) is 0. The van der Waals surface area contributed by atoms with Gasteiger partial charge in [-0.05, 0) is 48.8 Å². The Hall–Kier alpha value is -0.820. The molecule has 1 N–H and O–H groups in total. The molecular formula is C17H27N. The molecule has 1 aromatic carbocycles. The molecule has 1 nitrogen and oxygen atoms in total. The maximum absolute atomic E-state index is 3.54. The number of unbranched alkanes of at least 4 members (excludes halogenated alkanes) is 1. The van der Waals surface area contributed by atoms with Gasteiger partial charge in [-0.15, -0.1) is 0 Å². The maximum Gasteiger partial charge on any atom is 0.0205 e. The van der Waals surface area contributed by atoms with Crippen molar-refractivity contribution in [2.45, 2.75) is 58.4 Å². The smallest absolute Gasteiger partial charge is 0.0205 e. The van der Waals surface area contributed by atoms with Crippen molar-refractivity contribution in [1.82, 2.24) is 5.32 Å². The summed E-state index contributed by atoms with van der Waals surface area (Å²) < 4.78 is 0. The molecule has 1 heteroatoms. The average molecular weight is 245 g/mol. The van der Waals surface area contributed by atoms with Gasteiger partial charge in [0, 0.05) is 6.54 Å². The highest BCUT2D eigenvalue weighted by atomic mass is 14.8. The zero-order valence-corrected chi connectivity index (χ0v) is 11.9. The summed E-state index contributed by atoms with van der Waals surface area (Å²) in [6.45, 7) is 6.77. The molecule has 0 amide bonds. The highest BCUT2D eigenvalue weighted by molar-refractivity contribution is 5.27. The van der Waals surface area contributed by atoms with Crippen LogP contribution in [0.15, 0.2) is 24.3 Å². The van der Waals surface area contributed by atoms with Gasteiger partial charge in [-0.1, -0.05) is 51.0 Å². The standard InChI is InChI=1S/C17H27N/c1-14(2)5-3-4-12-18-13-15-6-8-16(9-7-15)17-10-11-17/h6-9,14,17-18H,3-5,10-13H2,1-2H3. The van der Waals surface area contributed by atoms with Crippen molar-refractivity contribution >= 4 is 0 Å². The number of hydrogen-bond acceptors (Lipinski definition) is 1. The van der Waals surface area contributed by atoms with Crippen LogP contribution in [0.3, 0.4) is 0 Å². The Kier molecular flexibility index (Phi) is 5.25. The van der Waals surface area contributed by atoms with Gasteiger partial charge in [0.2, 0.25) is 0 Å². The van der Waals surface area contributed by atoms with E-state index >= 15 is 0 Å². The van der Waals surface area contributed by atoms with Crippen LogP contribution in [-0.4, -0.2) is 6.54 Å². The van der Waals surface area contributed by atoms with E-state index in [1.807, 2.05) is 0 Å². The molecule has 0 heterocycles. The summed E-state index contributed by atoms with van der Waals surface area (Å²) in [4.78, 5) is 0. The maximum atomic E-state index is 3.54. The number of rotatable bonds is 8. The van der Waals surface area contributed by atoms with Crippen molar-refractivity contribution < 1.29 is 0 Å². The molecule has 0 aliphatic heterocycles. The van der Waals surface area contributed by atoms with Crippen molar-refractivity contribution in [3.05, 3.63) is 35.4 Å². The van der Waals surface area contributed by atoms with Crippen LogP contribution < -0.4 is 5.32 Å². The van der Waals surface area contributed by atoms with Gasteiger partial charge in [0.05, 0.1) is 0 Å². The minimum absolute atomic E-state index is 0.847. The van der Waals surface area contributed by atoms with Crippen LogP contribution in [0.5, 0.6) is 0 Å². The molecule has 1 aliphatic rings. The SMILES string of the molecule is CC(C)CCCCNCc1ccc(C2CC2)cc1. The fourth-order valence-corrected chi connectivity index (χ4v) is 2.36. The predicted octanol–water partition coefficient (Wildman–Crippen LogP) is 4.48. The largest absolute Gasteiger partial charge is 0.313 e. The summed E-state index contributed by atoms with van der Waals surface area (Å²) in [6, 6.07) is 9.20. The molecule has 2 rings (SSSR count). The normalized spacial score (nSPS) is 15.3. The summed E-state index contributed by atoms with van der Waals surface area (Å²) in [5.74, 6) is 1.73. The third-order valence-electron chi connectivity index (χ3n) is 3.74. The second kappa shape index (κ2) is 6.94. The van der Waals surface area contributed by atoms with Crippen LogP contribution in [0.1, 0.15) is 63.0 Å². The molecule has 1 aliphatic carbocycles. The van der Waals surface area contributed by atoms with Gasteiger partial charge < -0.3 is 5.32 Å². The Morgan fingerprint density at radius 1 is 1.11 bits per heavy atom. The topological polar surface area (TPSA) is 12.0 Å². The fraction of sp³-hybridized carbons (Fsp3) is 0.647. The molecule has 0 aromatic heterocycles. The second-order valence-corrected chi connectivity index (χ2v) is 6.08. The number of hydrogen-bond donors (Lipinski definition) is 1. The second-order valence-electron chi connectivity index (χ2n) is 6.08. The van der Waals surface area contributed by atoms with Crippen LogP contribution >= 0.6 is 0 Å². The first-order chi connectivity index (χ1) is 8.75. The molecule has 0 radical (unpaired) electrons. The van der Waals surface area contributed by atoms with E-state index in [2.05, 4.69) is 43.4 Å². The van der Waals surface area contributed by atoms with Gasteiger partial charge in [0.1, 0.15) is 0 Å². The number of nitrogens with one attached hydrogen (secondary N) is 1. The Morgan fingerprint density at radius 2 is 1.83 bits per heavy atom. The van der Waals surface area contributed by atoms with E-state index in [9.17, 15) is 0 Å². The molecule has 0 bridgehead atoms. The molecule has 1 saturated carbocycles. The Morgan fingerprint density at radius 3 is 2.44 bits per heavy atom. The van der Waals surface area contributed by atoms with E-state index in [0.29, 0.717) is 0 Å². The van der Waals surface area contributed by atoms with Crippen molar-refractivity contribution in [3.8, 4) is 0 Å². The number of benzene rings is 1. The van der Waals surface area contributed by atoms with Crippen LogP contribution in [0, 0.1) is 5.92 Å². The fourth-order valence-electron chi connectivity index (χ4n) is 2.36. The van der Waals surface area contributed by atoms with E-state index in [1.165, 1.54) is 43.2 Å². The first-order valence-electron chi connectivity index (χ1n) is 7.55. The summed E-state index contributed by atoms with van der Waals surface area (Å²) in [6.07, 6.45) is 6.81. The molecule has 0 saturated heterocycles. The van der Waals surface area contributed by atoms with Crippen molar-refractivity contribution in [1.29, 1.82) is 0 Å². The van der Waals surface area contributed by atoms with E-state index in [4.69, 9.17) is 0 Å². The molecule has 100 valence electrons. The lowest BCUT2D eigenvalue weighted by Crippen LogP contribution is -2.14. The Balaban J connectivity index is 1.58. The monoisotopic (exact) mass is 245 g/mol. The van der Waals surface area contributed by atoms with E-state index in [1.54, 1.807) is 0 Å². The van der Waals surface area contributed by atoms with Gasteiger partial charge in [0.15, 0.2) is 0 Å². The molecule has 0 unspecified atom stereocenters. The lowest BCUT2D eigenvalue weighted by Gasteiger charge is -2.07. The Bertz CT molecular complexity index is 335. The minimum atomic E-state index is 0.847. The molecule has 1 aromatic rings. The molecule has 1 fully saturated rings. The highest BCUT2D eigenvalue weighted by Crippen LogP contribution is 2.39. The predicted molar refractivity (Wildman–Crippen MR) is 78.8 cm³/mol. The van der Waals surface area contributed by atoms with Crippen LogP contribution in [0.2, 0.25) is 0 Å². The van der Waals surface area contributed by atoms with Gasteiger partial charge in [-0.25, -0.2) is 0 Å². The third kappa shape index (κ3) is 4.81. The zero-order valence-electron chi connectivity index (χ0n) is 11.9. The highest BCUT2D eigenvalue weighted by Gasteiger charge is 2.22. The quantitative estimate of drug-likeness (QED) is 0.666. The van der Waals surface area contributed by atoms with Gasteiger partial charge in [-0.2, -0.15) is 0 Å². The summed E-state index contributed by atoms with van der Waals surface area (Å²) in [5, 5.41) is 3.54. The zero-order chi connectivity index (χ0) is 12.8. The molecule has 18 heavy (non-hydrogen) atoms. The first-order valence-corrected chi connectivity index (χ1v) is 7.55. The van der Waals surface area contributed by atoms with Crippen molar-refractivity contribution in [2.24, 2.45) is 5.92 Å². The lowest BCUT2D eigenvalue weighted by atomic mass is 10.1. The van der Waals surface area contributed by atoms with E-state index in [0.717, 1.165) is 24.9 Å². The first kappa shape index (κ1) is 13.6. The van der Waals surface area contributed by atoms with Crippen molar-refractivity contribution in [2.75, 3.05) is 6.54 Å². The summed E-state index contributed by atoms with van der Waals surface area (Å²) >= 11 is 0. The molecule has 0 spiro atoms. The third-order valence-corrected chi connectivity index (χ3v) is 3.74. The van der Waals surface area contributed by atoms with Crippen LogP contribution in [0.25, 0.3) is 0 Å². The average Bonchev–Trinajstić information content (AvgIpc) is 3.18. The molecular weight excluding hydrogens is 218 g/mol. The van der Waals surface area contributed by atoms with Crippen LogP contribution in [-0.2, 0) is 6.54 Å². The molecule has 0 atom stereocenters. The van der Waals surface area contributed by atoms with E-state index in [-0.39, 0.29) is 0 Å². The van der Waals surface area contributed by atoms with Crippen LogP contribution in [0.4, 0.5) is 0 Å². The van der Waals surface area contributed by atoms with E-state index < -0.39 is 0 Å². The Labute approximate surface area is 112 Å². The van der Waals surface area contributed by atoms with Gasteiger partial charge >= 0.3 is 0 Å². The summed E-state index contributed by atoms with van der Waals surface area (Å²) in [5.41, 5.74) is 2.96. The van der Waals surface area contributed by atoms with Gasteiger partial charge in [0.25, 0.3) is 0 Å². The minimum Gasteiger partial charge on any atom is -0.313 e. The van der Waals surface area contributed by atoms with Gasteiger partial charge in [-0.3, -0.25) is 0 Å². The lowest BCUT2D eigenvalue weighted by molar-refractivity contribution is 0.520. The van der Waals surface area contributed by atoms with Crippen molar-refractivity contribution in [3.63, 3.8) is 0 Å².